The number of carbonyl (C=O) groups excluding carboxylic acids is 2. The number of amides is 2. The van der Waals surface area contributed by atoms with Crippen molar-refractivity contribution >= 4 is 17.7 Å². The van der Waals surface area contributed by atoms with E-state index in [2.05, 4.69) is 15.7 Å². The molecule has 8 heteroatoms. The Balaban J connectivity index is 1.58. The molecule has 1 heterocycles. The average Bonchev–Trinajstić information content (AvgIpc) is 3.24. The van der Waals surface area contributed by atoms with E-state index in [-0.39, 0.29) is 18.3 Å². The van der Waals surface area contributed by atoms with Gasteiger partial charge < -0.3 is 20.1 Å². The zero-order valence-corrected chi connectivity index (χ0v) is 16.9. The number of urea groups is 1. The number of anilines is 1. The fourth-order valence-electron chi connectivity index (χ4n) is 2.79. The highest BCUT2D eigenvalue weighted by Crippen LogP contribution is 2.15. The Morgan fingerprint density at radius 3 is 2.57 bits per heavy atom. The molecule has 0 saturated carbocycles. The molecule has 8 nitrogen and oxygen atoms in total. The molecule has 1 aromatic heterocycles. The molecule has 0 fully saturated rings. The smallest absolute Gasteiger partial charge is 0.358 e. The third-order valence-corrected chi connectivity index (χ3v) is 4.23. The van der Waals surface area contributed by atoms with Crippen LogP contribution in [0.25, 0.3) is 5.69 Å². The summed E-state index contributed by atoms with van der Waals surface area (Å²) in [6, 6.07) is 16.3. The number of ether oxygens (including phenoxy) is 2. The van der Waals surface area contributed by atoms with Crippen molar-refractivity contribution < 1.29 is 19.1 Å². The van der Waals surface area contributed by atoms with Gasteiger partial charge in [-0.25, -0.2) is 14.3 Å². The molecule has 3 aromatic rings. The molecule has 2 amide bonds. The maximum absolute atomic E-state index is 12.2. The van der Waals surface area contributed by atoms with Gasteiger partial charge in [0.05, 0.1) is 18.9 Å². The van der Waals surface area contributed by atoms with Crippen molar-refractivity contribution in [1.82, 2.24) is 15.1 Å². The Kier molecular flexibility index (Phi) is 7.18. The van der Waals surface area contributed by atoms with Gasteiger partial charge in [0, 0.05) is 25.5 Å². The van der Waals surface area contributed by atoms with Crippen molar-refractivity contribution in [2.24, 2.45) is 0 Å². The minimum absolute atomic E-state index is 0.226. The lowest BCUT2D eigenvalue weighted by Crippen LogP contribution is -2.28. The van der Waals surface area contributed by atoms with Gasteiger partial charge in [-0.1, -0.05) is 30.3 Å². The number of hydrogen-bond acceptors (Lipinski definition) is 5. The average molecular weight is 408 g/mol. The molecule has 0 saturated heterocycles. The van der Waals surface area contributed by atoms with Crippen molar-refractivity contribution in [1.29, 1.82) is 0 Å². The highest BCUT2D eigenvalue weighted by Gasteiger charge is 2.11. The minimum Gasteiger partial charge on any atom is -0.461 e. The molecule has 0 bridgehead atoms. The second kappa shape index (κ2) is 10.2. The van der Waals surface area contributed by atoms with Crippen LogP contribution < -0.4 is 10.6 Å². The molecule has 0 atom stereocenters. The second-order valence-corrected chi connectivity index (χ2v) is 6.47. The first-order valence-electron chi connectivity index (χ1n) is 9.54. The number of hydrogen-bond donors (Lipinski definition) is 2. The first kappa shape index (κ1) is 21.1. The predicted molar refractivity (Wildman–Crippen MR) is 113 cm³/mol. The molecule has 3 rings (SSSR count). The van der Waals surface area contributed by atoms with E-state index in [0.717, 1.165) is 11.1 Å². The monoisotopic (exact) mass is 408 g/mol. The molecule has 30 heavy (non-hydrogen) atoms. The number of rotatable bonds is 8. The zero-order chi connectivity index (χ0) is 21.3. The second-order valence-electron chi connectivity index (χ2n) is 6.47. The van der Waals surface area contributed by atoms with E-state index in [1.54, 1.807) is 49.2 Å². The Labute approximate surface area is 174 Å². The van der Waals surface area contributed by atoms with Gasteiger partial charge in [-0.15, -0.1) is 0 Å². The van der Waals surface area contributed by atoms with Crippen LogP contribution in [0, 0.1) is 0 Å². The maximum atomic E-state index is 12.2. The van der Waals surface area contributed by atoms with E-state index < -0.39 is 5.97 Å². The topological polar surface area (TPSA) is 94.5 Å². The minimum atomic E-state index is -0.472. The lowest BCUT2D eigenvalue weighted by atomic mass is 10.1. The van der Waals surface area contributed by atoms with Crippen LogP contribution in [0.5, 0.6) is 0 Å². The van der Waals surface area contributed by atoms with Gasteiger partial charge in [-0.05, 0) is 42.3 Å². The van der Waals surface area contributed by atoms with Crippen LogP contribution in [-0.4, -0.2) is 35.5 Å². The molecule has 0 unspecified atom stereocenters. The number of esters is 1. The highest BCUT2D eigenvalue weighted by atomic mass is 16.5. The quantitative estimate of drug-likeness (QED) is 0.556. The summed E-state index contributed by atoms with van der Waals surface area (Å²) >= 11 is 0. The number of nitrogens with one attached hydrogen (secondary N) is 2. The molecular weight excluding hydrogens is 384 g/mol. The van der Waals surface area contributed by atoms with Crippen molar-refractivity contribution in [3.8, 4) is 5.69 Å². The van der Waals surface area contributed by atoms with Crippen LogP contribution in [0.3, 0.4) is 0 Å². The molecular formula is C22H24N4O4. The maximum Gasteiger partial charge on any atom is 0.358 e. The summed E-state index contributed by atoms with van der Waals surface area (Å²) in [6.45, 7) is 2.99. The van der Waals surface area contributed by atoms with Crippen LogP contribution >= 0.6 is 0 Å². The highest BCUT2D eigenvalue weighted by molar-refractivity contribution is 5.89. The van der Waals surface area contributed by atoms with Crippen molar-refractivity contribution in [2.45, 2.75) is 20.1 Å². The molecule has 156 valence electrons. The molecule has 0 aliphatic heterocycles. The Morgan fingerprint density at radius 1 is 1.07 bits per heavy atom. The Bertz CT molecular complexity index is 998. The van der Waals surface area contributed by atoms with E-state index in [1.807, 2.05) is 30.3 Å². The van der Waals surface area contributed by atoms with E-state index >= 15 is 0 Å². The third kappa shape index (κ3) is 5.68. The van der Waals surface area contributed by atoms with E-state index in [0.29, 0.717) is 24.5 Å². The molecule has 0 aliphatic carbocycles. The third-order valence-electron chi connectivity index (χ3n) is 4.23. The lowest BCUT2D eigenvalue weighted by molar-refractivity contribution is 0.0519. The number of aromatic nitrogens is 2. The van der Waals surface area contributed by atoms with E-state index in [4.69, 9.17) is 9.47 Å². The van der Waals surface area contributed by atoms with Crippen LogP contribution in [-0.2, 0) is 22.6 Å². The normalized spacial score (nSPS) is 10.5. The first-order chi connectivity index (χ1) is 14.6. The number of benzene rings is 2. The van der Waals surface area contributed by atoms with Gasteiger partial charge in [-0.2, -0.15) is 5.10 Å². The molecule has 2 aromatic carbocycles. The molecule has 0 spiro atoms. The van der Waals surface area contributed by atoms with Crippen molar-refractivity contribution in [3.63, 3.8) is 0 Å². The number of methoxy groups -OCH3 is 1. The zero-order valence-electron chi connectivity index (χ0n) is 16.9. The van der Waals surface area contributed by atoms with Crippen LogP contribution in [0.2, 0.25) is 0 Å². The van der Waals surface area contributed by atoms with Crippen molar-refractivity contribution in [2.75, 3.05) is 19.0 Å². The number of nitrogens with zero attached hydrogens (tertiary/aromatic N) is 2. The molecule has 0 aliphatic rings. The van der Waals surface area contributed by atoms with Gasteiger partial charge in [0.15, 0.2) is 5.69 Å². The summed E-state index contributed by atoms with van der Waals surface area (Å²) in [6.07, 6.45) is 1.67. The van der Waals surface area contributed by atoms with Gasteiger partial charge in [0.1, 0.15) is 0 Å². The standard InChI is InChI=1S/C22H24N4O4/c1-3-30-21(27)20-11-12-26(25-20)19-6-4-5-18(13-19)24-22(28)23-14-16-7-9-17(10-8-16)15-29-2/h4-13H,3,14-15H2,1-2H3,(H2,23,24,28). The fraction of sp³-hybridized carbons (Fsp3) is 0.227. The first-order valence-corrected chi connectivity index (χ1v) is 9.54. The molecule has 0 radical (unpaired) electrons. The Hall–Kier alpha value is -3.65. The van der Waals surface area contributed by atoms with Gasteiger partial charge in [0.25, 0.3) is 0 Å². The Morgan fingerprint density at radius 2 is 1.83 bits per heavy atom. The van der Waals surface area contributed by atoms with Crippen LogP contribution in [0.1, 0.15) is 28.5 Å². The summed E-state index contributed by atoms with van der Waals surface area (Å²) in [4.78, 5) is 24.0. The van der Waals surface area contributed by atoms with Crippen molar-refractivity contribution in [3.05, 3.63) is 77.6 Å². The fourth-order valence-corrected chi connectivity index (χ4v) is 2.79. The summed E-state index contributed by atoms with van der Waals surface area (Å²) in [5, 5.41) is 9.85. The van der Waals surface area contributed by atoms with Gasteiger partial charge in [0.2, 0.25) is 0 Å². The van der Waals surface area contributed by atoms with Crippen LogP contribution in [0.4, 0.5) is 10.5 Å². The predicted octanol–water partition coefficient (Wildman–Crippen LogP) is 3.52. The van der Waals surface area contributed by atoms with E-state index in [1.165, 1.54) is 0 Å². The van der Waals surface area contributed by atoms with Gasteiger partial charge in [-0.3, -0.25) is 0 Å². The van der Waals surface area contributed by atoms with Gasteiger partial charge >= 0.3 is 12.0 Å². The largest absolute Gasteiger partial charge is 0.461 e. The van der Waals surface area contributed by atoms with E-state index in [9.17, 15) is 9.59 Å². The summed E-state index contributed by atoms with van der Waals surface area (Å²) < 4.78 is 11.6. The van der Waals surface area contributed by atoms with Crippen LogP contribution in [0.15, 0.2) is 60.8 Å². The number of carbonyl (C=O) groups is 2. The SMILES string of the molecule is CCOC(=O)c1ccn(-c2cccc(NC(=O)NCc3ccc(COC)cc3)c2)n1. The lowest BCUT2D eigenvalue weighted by Gasteiger charge is -2.10. The summed E-state index contributed by atoms with van der Waals surface area (Å²) in [5.74, 6) is -0.472. The summed E-state index contributed by atoms with van der Waals surface area (Å²) in [7, 11) is 1.65. The molecule has 2 N–H and O–H groups in total. The summed E-state index contributed by atoms with van der Waals surface area (Å²) in [5.41, 5.74) is 3.60.